The molecule has 0 N–H and O–H groups in total. The van der Waals surface area contributed by atoms with E-state index in [2.05, 4.69) is 158 Å². The molecule has 1 nitrogen and oxygen atoms in total. The molecule has 9 aromatic rings. The van der Waals surface area contributed by atoms with Gasteiger partial charge in [0, 0.05) is 10.8 Å². The molecule has 0 spiro atoms. The Morgan fingerprint density at radius 2 is 0.778 bits per heavy atom. The number of fused-ring (bicyclic) bond motifs is 5. The highest BCUT2D eigenvalue weighted by Gasteiger charge is 2.19. The van der Waals surface area contributed by atoms with Crippen LogP contribution in [0.3, 0.4) is 0 Å². The highest BCUT2D eigenvalue weighted by molar-refractivity contribution is 6.22. The summed E-state index contributed by atoms with van der Waals surface area (Å²) in [6.07, 6.45) is 0. The fourth-order valence-electron chi connectivity index (χ4n) is 7.06. The van der Waals surface area contributed by atoms with Crippen LogP contribution in [-0.4, -0.2) is 0 Å². The molecule has 8 aromatic carbocycles. The Morgan fingerprint density at radius 1 is 0.267 bits per heavy atom. The number of furan rings is 1. The van der Waals surface area contributed by atoms with Gasteiger partial charge in [0.15, 0.2) is 0 Å². The van der Waals surface area contributed by atoms with Crippen molar-refractivity contribution < 1.29 is 4.42 Å². The van der Waals surface area contributed by atoms with Gasteiger partial charge in [-0.25, -0.2) is 0 Å². The first-order valence-electron chi connectivity index (χ1n) is 15.4. The molecule has 0 aliphatic carbocycles. The zero-order valence-electron chi connectivity index (χ0n) is 24.6. The van der Waals surface area contributed by atoms with E-state index in [1.54, 1.807) is 0 Å². The van der Waals surface area contributed by atoms with Crippen molar-refractivity contribution >= 4 is 43.5 Å². The summed E-state index contributed by atoms with van der Waals surface area (Å²) in [5.41, 5.74) is 11.7. The summed E-state index contributed by atoms with van der Waals surface area (Å²) < 4.78 is 6.12. The van der Waals surface area contributed by atoms with E-state index in [1.807, 2.05) is 12.1 Å². The molecule has 1 aromatic heterocycles. The van der Waals surface area contributed by atoms with Gasteiger partial charge in [0.25, 0.3) is 0 Å². The van der Waals surface area contributed by atoms with Gasteiger partial charge < -0.3 is 4.42 Å². The number of hydrogen-bond acceptors (Lipinski definition) is 1. The van der Waals surface area contributed by atoms with Crippen molar-refractivity contribution in [1.29, 1.82) is 0 Å². The monoisotopic (exact) mass is 572 g/mol. The van der Waals surface area contributed by atoms with Crippen LogP contribution in [-0.2, 0) is 0 Å². The Morgan fingerprint density at radius 3 is 1.51 bits per heavy atom. The maximum absolute atomic E-state index is 6.12. The van der Waals surface area contributed by atoms with E-state index >= 15 is 0 Å². The zero-order valence-corrected chi connectivity index (χ0v) is 24.6. The topological polar surface area (TPSA) is 13.1 Å². The molecule has 0 saturated carbocycles. The van der Waals surface area contributed by atoms with Crippen LogP contribution in [0.25, 0.3) is 88.0 Å². The predicted octanol–water partition coefficient (Wildman–Crippen LogP) is 12.6. The third-order valence-corrected chi connectivity index (χ3v) is 9.07. The molecule has 45 heavy (non-hydrogen) atoms. The summed E-state index contributed by atoms with van der Waals surface area (Å²) in [7, 11) is 0. The molecule has 0 bridgehead atoms. The van der Waals surface area contributed by atoms with Crippen molar-refractivity contribution in [2.45, 2.75) is 0 Å². The Bertz CT molecular complexity index is 2480. The average molecular weight is 573 g/mol. The van der Waals surface area contributed by atoms with E-state index in [0.717, 1.165) is 21.9 Å². The number of para-hydroxylation sites is 1. The van der Waals surface area contributed by atoms with E-state index in [9.17, 15) is 0 Å². The van der Waals surface area contributed by atoms with Gasteiger partial charge in [0.05, 0.1) is 0 Å². The van der Waals surface area contributed by atoms with Gasteiger partial charge in [0.2, 0.25) is 0 Å². The molecule has 0 aliphatic heterocycles. The summed E-state index contributed by atoms with van der Waals surface area (Å²) in [4.78, 5) is 0. The second kappa shape index (κ2) is 10.4. The van der Waals surface area contributed by atoms with Crippen molar-refractivity contribution in [3.63, 3.8) is 0 Å². The molecule has 210 valence electrons. The maximum atomic E-state index is 6.12. The third-order valence-electron chi connectivity index (χ3n) is 9.07. The van der Waals surface area contributed by atoms with Crippen LogP contribution >= 0.6 is 0 Å². The molecule has 0 saturated heterocycles. The number of hydrogen-bond donors (Lipinski definition) is 0. The van der Waals surface area contributed by atoms with Crippen molar-refractivity contribution in [3.8, 4) is 44.5 Å². The minimum atomic E-state index is 0.916. The molecule has 0 unspecified atom stereocenters. The highest BCUT2D eigenvalue weighted by Crippen LogP contribution is 2.46. The molecular weight excluding hydrogens is 544 g/mol. The van der Waals surface area contributed by atoms with E-state index in [-0.39, 0.29) is 0 Å². The van der Waals surface area contributed by atoms with Crippen molar-refractivity contribution in [2.24, 2.45) is 0 Å². The molecule has 0 amide bonds. The first kappa shape index (κ1) is 25.6. The summed E-state index contributed by atoms with van der Waals surface area (Å²) in [5.74, 6) is 0. The van der Waals surface area contributed by atoms with Gasteiger partial charge in [-0.1, -0.05) is 146 Å². The molecule has 1 heteroatoms. The van der Waals surface area contributed by atoms with Gasteiger partial charge in [-0.15, -0.1) is 0 Å². The van der Waals surface area contributed by atoms with Crippen molar-refractivity contribution in [2.75, 3.05) is 0 Å². The molecule has 0 aliphatic rings. The van der Waals surface area contributed by atoms with Gasteiger partial charge in [-0.05, 0) is 90.3 Å². The second-order valence-electron chi connectivity index (χ2n) is 11.6. The lowest BCUT2D eigenvalue weighted by molar-refractivity contribution is 0.669. The fraction of sp³-hybridized carbons (Fsp3) is 0. The lowest BCUT2D eigenvalue weighted by Crippen LogP contribution is -1.92. The first-order chi connectivity index (χ1) is 22.3. The summed E-state index contributed by atoms with van der Waals surface area (Å²) in [6, 6.07) is 61.1. The van der Waals surface area contributed by atoms with Gasteiger partial charge >= 0.3 is 0 Å². The molecule has 0 radical (unpaired) electrons. The van der Waals surface area contributed by atoms with Crippen molar-refractivity contribution in [1.82, 2.24) is 0 Å². The lowest BCUT2D eigenvalue weighted by Gasteiger charge is -2.20. The Kier molecular flexibility index (Phi) is 5.89. The summed E-state index contributed by atoms with van der Waals surface area (Å²) in [6.45, 7) is 0. The maximum Gasteiger partial charge on any atom is 0.135 e. The predicted molar refractivity (Wildman–Crippen MR) is 190 cm³/mol. The van der Waals surface area contributed by atoms with Gasteiger partial charge in [-0.2, -0.15) is 0 Å². The van der Waals surface area contributed by atoms with E-state index in [4.69, 9.17) is 4.42 Å². The van der Waals surface area contributed by atoms with Crippen LogP contribution in [0.2, 0.25) is 0 Å². The normalized spacial score (nSPS) is 11.6. The smallest absolute Gasteiger partial charge is 0.135 e. The zero-order chi connectivity index (χ0) is 29.7. The van der Waals surface area contributed by atoms with Gasteiger partial charge in [0.1, 0.15) is 11.2 Å². The van der Waals surface area contributed by atoms with Crippen LogP contribution < -0.4 is 0 Å². The molecule has 9 rings (SSSR count). The van der Waals surface area contributed by atoms with Crippen LogP contribution in [0.15, 0.2) is 174 Å². The SMILES string of the molecule is c1ccc(-c2ccccc2-c2c3ccccc3c(-c3cccc(-c4ccc5oc6ccccc6c5c4)c3)c3ccccc23)cc1. The number of benzene rings is 8. The second-order valence-corrected chi connectivity index (χ2v) is 11.6. The fourth-order valence-corrected chi connectivity index (χ4v) is 7.06. The molecular formula is C44H28O. The van der Waals surface area contributed by atoms with Crippen LogP contribution in [0.4, 0.5) is 0 Å². The molecule has 0 fully saturated rings. The first-order valence-corrected chi connectivity index (χ1v) is 15.4. The van der Waals surface area contributed by atoms with Crippen LogP contribution in [0.1, 0.15) is 0 Å². The number of rotatable bonds is 4. The molecule has 1 heterocycles. The van der Waals surface area contributed by atoms with E-state index in [1.165, 1.54) is 66.1 Å². The average Bonchev–Trinajstić information content (AvgIpc) is 3.49. The van der Waals surface area contributed by atoms with Crippen LogP contribution in [0, 0.1) is 0 Å². The minimum absolute atomic E-state index is 0.916. The van der Waals surface area contributed by atoms with E-state index in [0.29, 0.717) is 0 Å². The minimum Gasteiger partial charge on any atom is -0.456 e. The van der Waals surface area contributed by atoms with E-state index < -0.39 is 0 Å². The molecule has 0 atom stereocenters. The lowest BCUT2D eigenvalue weighted by atomic mass is 9.83. The Labute approximate surface area is 261 Å². The highest BCUT2D eigenvalue weighted by atomic mass is 16.3. The standard InChI is InChI=1S/C44H28O/c1-2-13-29(14-3-1)33-17-4-5-19-35(33)44-38-22-8-6-20-36(38)43(37-21-7-9-23-39(37)44)32-16-12-15-30(27-32)31-25-26-42-40(28-31)34-18-10-11-24-41(34)45-42/h1-28H. The third kappa shape index (κ3) is 4.17. The Hall–Kier alpha value is -5.92. The van der Waals surface area contributed by atoms with Crippen LogP contribution in [0.5, 0.6) is 0 Å². The van der Waals surface area contributed by atoms with Gasteiger partial charge in [-0.3, -0.25) is 0 Å². The van der Waals surface area contributed by atoms with Crippen molar-refractivity contribution in [3.05, 3.63) is 170 Å². The summed E-state index contributed by atoms with van der Waals surface area (Å²) >= 11 is 0. The Balaban J connectivity index is 1.29. The quantitative estimate of drug-likeness (QED) is 0.191. The largest absolute Gasteiger partial charge is 0.456 e. The summed E-state index contributed by atoms with van der Waals surface area (Å²) in [5, 5.41) is 7.31.